The summed E-state index contributed by atoms with van der Waals surface area (Å²) in [5.41, 5.74) is 1.05. The number of amides is 1. The Labute approximate surface area is 124 Å². The van der Waals surface area contributed by atoms with E-state index in [1.165, 1.54) is 0 Å². The van der Waals surface area contributed by atoms with Gasteiger partial charge in [-0.25, -0.2) is 4.79 Å². The summed E-state index contributed by atoms with van der Waals surface area (Å²) in [7, 11) is 0. The highest BCUT2D eigenvalue weighted by molar-refractivity contribution is 5.87. The molecule has 5 nitrogen and oxygen atoms in total. The lowest BCUT2D eigenvalue weighted by Crippen LogP contribution is -2.35. The molecular weight excluding hydrogens is 270 g/mol. The van der Waals surface area contributed by atoms with E-state index in [1.807, 2.05) is 13.8 Å². The first-order valence-corrected chi connectivity index (χ1v) is 7.11. The molecule has 1 aliphatic rings. The van der Waals surface area contributed by atoms with Crippen LogP contribution in [-0.4, -0.2) is 35.2 Å². The van der Waals surface area contributed by atoms with Crippen molar-refractivity contribution in [2.45, 2.75) is 44.8 Å². The third-order valence-electron chi connectivity index (χ3n) is 3.62. The normalized spacial score (nSPS) is 20.2. The van der Waals surface area contributed by atoms with Gasteiger partial charge in [0.2, 0.25) is 5.91 Å². The second-order valence-electron chi connectivity index (χ2n) is 6.04. The molecular formula is C16H21NO4. The van der Waals surface area contributed by atoms with E-state index in [0.717, 1.165) is 12.0 Å². The van der Waals surface area contributed by atoms with Gasteiger partial charge in [0, 0.05) is 6.42 Å². The smallest absolute Gasteiger partial charge is 0.335 e. The Hall–Kier alpha value is -1.88. The molecule has 1 atom stereocenters. The summed E-state index contributed by atoms with van der Waals surface area (Å²) in [6.45, 7) is 4.60. The molecule has 1 amide bonds. The van der Waals surface area contributed by atoms with E-state index in [0.29, 0.717) is 19.4 Å². The molecule has 2 rings (SSSR count). The SMILES string of the molecule is CC1(C)CC(NC(=O)CCc2ccc(C(=O)O)cc2)CO1. The van der Waals surface area contributed by atoms with Gasteiger partial charge in [-0.05, 0) is 44.4 Å². The number of benzene rings is 1. The van der Waals surface area contributed by atoms with E-state index < -0.39 is 5.97 Å². The molecule has 1 heterocycles. The number of aromatic carboxylic acids is 1. The number of carboxylic acids is 1. The monoisotopic (exact) mass is 291 g/mol. The van der Waals surface area contributed by atoms with Crippen molar-refractivity contribution in [1.82, 2.24) is 5.32 Å². The van der Waals surface area contributed by atoms with Crippen LogP contribution in [0.3, 0.4) is 0 Å². The van der Waals surface area contributed by atoms with Gasteiger partial charge in [0.15, 0.2) is 0 Å². The van der Waals surface area contributed by atoms with Gasteiger partial charge in [-0.2, -0.15) is 0 Å². The van der Waals surface area contributed by atoms with Crippen molar-refractivity contribution < 1.29 is 19.4 Å². The standard InChI is InChI=1S/C16H21NO4/c1-16(2)9-13(10-21-16)17-14(18)8-5-11-3-6-12(7-4-11)15(19)20/h3-4,6-7,13H,5,8-10H2,1-2H3,(H,17,18)(H,19,20). The van der Waals surface area contributed by atoms with Gasteiger partial charge in [-0.15, -0.1) is 0 Å². The summed E-state index contributed by atoms with van der Waals surface area (Å²) in [6, 6.07) is 6.70. The van der Waals surface area contributed by atoms with Crippen LogP contribution in [0.25, 0.3) is 0 Å². The fourth-order valence-corrected chi connectivity index (χ4v) is 2.50. The van der Waals surface area contributed by atoms with Crippen molar-refractivity contribution in [2.24, 2.45) is 0 Å². The second-order valence-corrected chi connectivity index (χ2v) is 6.04. The highest BCUT2D eigenvalue weighted by atomic mass is 16.5. The highest BCUT2D eigenvalue weighted by Crippen LogP contribution is 2.24. The average molecular weight is 291 g/mol. The molecule has 1 aliphatic heterocycles. The third kappa shape index (κ3) is 4.56. The van der Waals surface area contributed by atoms with E-state index in [1.54, 1.807) is 24.3 Å². The Bertz CT molecular complexity index is 522. The summed E-state index contributed by atoms with van der Waals surface area (Å²) in [5.74, 6) is -0.938. The molecule has 0 spiro atoms. The molecule has 1 aromatic carbocycles. The van der Waals surface area contributed by atoms with Crippen LogP contribution in [0.5, 0.6) is 0 Å². The summed E-state index contributed by atoms with van der Waals surface area (Å²) in [4.78, 5) is 22.6. The summed E-state index contributed by atoms with van der Waals surface area (Å²) < 4.78 is 5.58. The quantitative estimate of drug-likeness (QED) is 0.870. The predicted molar refractivity (Wildman–Crippen MR) is 78.3 cm³/mol. The predicted octanol–water partition coefficient (Wildman–Crippen LogP) is 2.00. The number of nitrogens with one attached hydrogen (secondary N) is 1. The molecule has 1 fully saturated rings. The molecule has 0 bridgehead atoms. The van der Waals surface area contributed by atoms with E-state index in [2.05, 4.69) is 5.32 Å². The minimum absolute atomic E-state index is 0.00334. The topological polar surface area (TPSA) is 75.6 Å². The molecule has 5 heteroatoms. The Morgan fingerprint density at radius 3 is 2.52 bits per heavy atom. The first-order valence-electron chi connectivity index (χ1n) is 7.11. The minimum Gasteiger partial charge on any atom is -0.478 e. The zero-order valence-corrected chi connectivity index (χ0v) is 12.4. The van der Waals surface area contributed by atoms with E-state index in [-0.39, 0.29) is 23.1 Å². The van der Waals surface area contributed by atoms with Gasteiger partial charge in [0.1, 0.15) is 0 Å². The lowest BCUT2D eigenvalue weighted by molar-refractivity contribution is -0.121. The van der Waals surface area contributed by atoms with Gasteiger partial charge in [-0.3, -0.25) is 4.79 Å². The van der Waals surface area contributed by atoms with Gasteiger partial charge in [0.05, 0.1) is 23.8 Å². The molecule has 1 aromatic rings. The maximum atomic E-state index is 11.9. The van der Waals surface area contributed by atoms with E-state index in [4.69, 9.17) is 9.84 Å². The molecule has 1 unspecified atom stereocenters. The average Bonchev–Trinajstić information content (AvgIpc) is 2.76. The van der Waals surface area contributed by atoms with E-state index in [9.17, 15) is 9.59 Å². The van der Waals surface area contributed by atoms with Crippen LogP contribution in [0.4, 0.5) is 0 Å². The zero-order valence-electron chi connectivity index (χ0n) is 12.4. The first kappa shape index (κ1) is 15.5. The van der Waals surface area contributed by atoms with Crippen LogP contribution in [0.1, 0.15) is 42.6 Å². The number of carbonyl (C=O) groups excluding carboxylic acids is 1. The summed E-state index contributed by atoms with van der Waals surface area (Å²) in [5, 5.41) is 11.8. The molecule has 21 heavy (non-hydrogen) atoms. The van der Waals surface area contributed by atoms with Crippen LogP contribution < -0.4 is 5.32 Å². The van der Waals surface area contributed by atoms with Crippen molar-refractivity contribution in [3.63, 3.8) is 0 Å². The van der Waals surface area contributed by atoms with Gasteiger partial charge in [-0.1, -0.05) is 12.1 Å². The Morgan fingerprint density at radius 2 is 2.00 bits per heavy atom. The fraction of sp³-hybridized carbons (Fsp3) is 0.500. The lowest BCUT2D eigenvalue weighted by Gasteiger charge is -2.16. The van der Waals surface area contributed by atoms with Crippen LogP contribution in [0.2, 0.25) is 0 Å². The van der Waals surface area contributed by atoms with Crippen molar-refractivity contribution in [1.29, 1.82) is 0 Å². The number of ether oxygens (including phenoxy) is 1. The molecule has 114 valence electrons. The molecule has 2 N–H and O–H groups in total. The summed E-state index contributed by atoms with van der Waals surface area (Å²) in [6.07, 6.45) is 1.82. The third-order valence-corrected chi connectivity index (χ3v) is 3.62. The number of hydrogen-bond donors (Lipinski definition) is 2. The van der Waals surface area contributed by atoms with Crippen molar-refractivity contribution in [2.75, 3.05) is 6.61 Å². The zero-order chi connectivity index (χ0) is 15.5. The lowest BCUT2D eigenvalue weighted by atomic mass is 10.0. The second kappa shape index (κ2) is 6.26. The molecule has 0 saturated carbocycles. The highest BCUT2D eigenvalue weighted by Gasteiger charge is 2.32. The first-order chi connectivity index (χ1) is 9.85. The fourth-order valence-electron chi connectivity index (χ4n) is 2.50. The largest absolute Gasteiger partial charge is 0.478 e. The van der Waals surface area contributed by atoms with Crippen LogP contribution >= 0.6 is 0 Å². The number of aryl methyl sites for hydroxylation is 1. The van der Waals surface area contributed by atoms with E-state index >= 15 is 0 Å². The molecule has 0 radical (unpaired) electrons. The summed E-state index contributed by atoms with van der Waals surface area (Å²) >= 11 is 0. The number of hydrogen-bond acceptors (Lipinski definition) is 3. The van der Waals surface area contributed by atoms with Crippen LogP contribution in [-0.2, 0) is 16.0 Å². The van der Waals surface area contributed by atoms with Crippen molar-refractivity contribution in [3.8, 4) is 0 Å². The van der Waals surface area contributed by atoms with Crippen molar-refractivity contribution >= 4 is 11.9 Å². The van der Waals surface area contributed by atoms with Gasteiger partial charge in [0.25, 0.3) is 0 Å². The minimum atomic E-state index is -0.942. The maximum absolute atomic E-state index is 11.9. The van der Waals surface area contributed by atoms with Gasteiger partial charge < -0.3 is 15.2 Å². The van der Waals surface area contributed by atoms with Crippen LogP contribution in [0, 0.1) is 0 Å². The Balaban J connectivity index is 1.77. The number of carbonyl (C=O) groups is 2. The molecule has 0 aromatic heterocycles. The molecule has 1 saturated heterocycles. The molecule has 0 aliphatic carbocycles. The Kier molecular flexibility index (Phi) is 4.63. The van der Waals surface area contributed by atoms with Crippen LogP contribution in [0.15, 0.2) is 24.3 Å². The number of rotatable bonds is 5. The van der Waals surface area contributed by atoms with Gasteiger partial charge >= 0.3 is 5.97 Å². The number of carboxylic acid groups (broad SMARTS) is 1. The maximum Gasteiger partial charge on any atom is 0.335 e. The Morgan fingerprint density at radius 1 is 1.33 bits per heavy atom. The van der Waals surface area contributed by atoms with Crippen molar-refractivity contribution in [3.05, 3.63) is 35.4 Å².